The fourth-order valence-electron chi connectivity index (χ4n) is 3.94. The number of carbonyl (C=O) groups is 2. The molecule has 0 aliphatic carbocycles. The minimum Gasteiger partial charge on any atom is -0.486 e. The summed E-state index contributed by atoms with van der Waals surface area (Å²) >= 11 is 0. The molecular weight excluding hydrogens is 396 g/mol. The smallest absolute Gasteiger partial charge is 0.251 e. The molecule has 3 aromatic rings. The second kappa shape index (κ2) is 7.79. The molecule has 2 amide bonds. The van der Waals surface area contributed by atoms with Crippen LogP contribution in [0.1, 0.15) is 12.0 Å². The highest BCUT2D eigenvalue weighted by molar-refractivity contribution is 6.10. The molecule has 1 saturated heterocycles. The molecule has 1 unspecified atom stereocenters. The van der Waals surface area contributed by atoms with Crippen molar-refractivity contribution in [2.45, 2.75) is 13.3 Å². The Hall–Kier alpha value is -3.81. The van der Waals surface area contributed by atoms with Crippen molar-refractivity contribution < 1.29 is 19.1 Å². The van der Waals surface area contributed by atoms with Crippen LogP contribution >= 0.6 is 0 Å². The number of rotatable bonds is 4. The molecule has 2 aliphatic rings. The zero-order valence-electron chi connectivity index (χ0n) is 17.1. The van der Waals surface area contributed by atoms with Gasteiger partial charge in [-0.25, -0.2) is 4.98 Å². The average Bonchev–Trinajstić information content (AvgIpc) is 3.18. The third kappa shape index (κ3) is 3.61. The summed E-state index contributed by atoms with van der Waals surface area (Å²) < 4.78 is 11.1. The lowest BCUT2D eigenvalue weighted by Gasteiger charge is -2.22. The zero-order chi connectivity index (χ0) is 21.4. The summed E-state index contributed by atoms with van der Waals surface area (Å²) in [7, 11) is 0. The third-order valence-corrected chi connectivity index (χ3v) is 5.58. The highest BCUT2D eigenvalue weighted by Gasteiger charge is 2.38. The second-order valence-electron chi connectivity index (χ2n) is 7.62. The lowest BCUT2D eigenvalue weighted by molar-refractivity contribution is -0.131. The van der Waals surface area contributed by atoms with Gasteiger partial charge in [0.1, 0.15) is 24.9 Å². The largest absolute Gasteiger partial charge is 0.486 e. The van der Waals surface area contributed by atoms with E-state index in [4.69, 9.17) is 9.47 Å². The maximum Gasteiger partial charge on any atom is 0.251 e. The summed E-state index contributed by atoms with van der Waals surface area (Å²) in [6.07, 6.45) is 0.435. The fourth-order valence-corrected chi connectivity index (χ4v) is 3.94. The molecule has 0 bridgehead atoms. The molecule has 0 spiro atoms. The Morgan fingerprint density at radius 1 is 1.10 bits per heavy atom. The minimum atomic E-state index is -0.763. The normalized spacial score (nSPS) is 17.6. The maximum atomic E-state index is 12.9. The van der Waals surface area contributed by atoms with Crippen LogP contribution in [0.5, 0.6) is 11.5 Å². The molecule has 8 nitrogen and oxygen atoms in total. The number of hydrogen-bond acceptors (Lipinski definition) is 6. The molecule has 3 heterocycles. The van der Waals surface area contributed by atoms with Crippen molar-refractivity contribution >= 4 is 34.2 Å². The number of benzene rings is 2. The van der Waals surface area contributed by atoms with Crippen LogP contribution < -0.4 is 25.2 Å². The third-order valence-electron chi connectivity index (χ3n) is 5.58. The summed E-state index contributed by atoms with van der Waals surface area (Å²) in [5.74, 6) is 0.462. The number of hydrazine groups is 1. The SMILES string of the molecule is Cc1cc2ccccc2nc1NNC(=O)C1CCN(c2ccc3c(c2)OCCO3)C1=O. The molecular formula is C23H22N4O4. The fraction of sp³-hybridized carbons (Fsp3) is 0.261. The summed E-state index contributed by atoms with van der Waals surface area (Å²) in [4.78, 5) is 31.8. The van der Waals surface area contributed by atoms with Gasteiger partial charge in [0.25, 0.3) is 5.91 Å². The molecule has 158 valence electrons. The molecule has 5 rings (SSSR count). The van der Waals surface area contributed by atoms with Crippen LogP contribution in [0.2, 0.25) is 0 Å². The quantitative estimate of drug-likeness (QED) is 0.500. The Morgan fingerprint density at radius 2 is 1.90 bits per heavy atom. The van der Waals surface area contributed by atoms with E-state index in [1.807, 2.05) is 43.3 Å². The summed E-state index contributed by atoms with van der Waals surface area (Å²) in [5, 5.41) is 1.03. The van der Waals surface area contributed by atoms with Gasteiger partial charge in [-0.05, 0) is 43.2 Å². The van der Waals surface area contributed by atoms with E-state index >= 15 is 0 Å². The topological polar surface area (TPSA) is 92.8 Å². The van der Waals surface area contributed by atoms with Gasteiger partial charge in [-0.1, -0.05) is 18.2 Å². The van der Waals surface area contributed by atoms with E-state index in [1.165, 1.54) is 0 Å². The molecule has 0 radical (unpaired) electrons. The molecule has 2 N–H and O–H groups in total. The van der Waals surface area contributed by atoms with Gasteiger partial charge in [-0.15, -0.1) is 0 Å². The lowest BCUT2D eigenvalue weighted by Crippen LogP contribution is -2.39. The van der Waals surface area contributed by atoms with Gasteiger partial charge in [0.15, 0.2) is 11.5 Å². The number of pyridine rings is 1. The van der Waals surface area contributed by atoms with Crippen LogP contribution in [-0.2, 0) is 9.59 Å². The molecule has 1 aromatic heterocycles. The predicted molar refractivity (Wildman–Crippen MR) is 116 cm³/mol. The van der Waals surface area contributed by atoms with Crippen molar-refractivity contribution in [3.8, 4) is 11.5 Å². The minimum absolute atomic E-state index is 0.237. The van der Waals surface area contributed by atoms with Crippen LogP contribution in [0, 0.1) is 12.8 Å². The number of ether oxygens (including phenoxy) is 2. The number of nitrogens with zero attached hydrogens (tertiary/aromatic N) is 2. The lowest BCUT2D eigenvalue weighted by atomic mass is 10.1. The van der Waals surface area contributed by atoms with Gasteiger partial charge < -0.3 is 14.4 Å². The number of carbonyl (C=O) groups excluding carboxylic acids is 2. The standard InChI is InChI=1S/C23H22N4O4/c1-14-12-15-4-2-3-5-18(15)24-21(14)25-26-22(28)17-8-9-27(23(17)29)16-6-7-19-20(13-16)31-11-10-30-19/h2-7,12-13,17H,8-11H2,1H3,(H,24,25)(H,26,28). The van der Waals surface area contributed by atoms with Crippen LogP contribution in [0.15, 0.2) is 48.5 Å². The monoisotopic (exact) mass is 418 g/mol. The highest BCUT2D eigenvalue weighted by Crippen LogP contribution is 2.36. The number of nitrogens with one attached hydrogen (secondary N) is 2. The van der Waals surface area contributed by atoms with Crippen LogP contribution in [0.25, 0.3) is 10.9 Å². The summed E-state index contributed by atoms with van der Waals surface area (Å²) in [6, 6.07) is 15.2. The Morgan fingerprint density at radius 3 is 2.77 bits per heavy atom. The Labute approximate surface area is 179 Å². The van der Waals surface area contributed by atoms with E-state index in [0.717, 1.165) is 16.5 Å². The molecule has 31 heavy (non-hydrogen) atoms. The first-order valence-corrected chi connectivity index (χ1v) is 10.2. The Kier molecular flexibility index (Phi) is 4.82. The van der Waals surface area contributed by atoms with Gasteiger partial charge in [-0.2, -0.15) is 0 Å². The number of anilines is 2. The predicted octanol–water partition coefficient (Wildman–Crippen LogP) is 2.81. The van der Waals surface area contributed by atoms with E-state index in [9.17, 15) is 9.59 Å². The highest BCUT2D eigenvalue weighted by atomic mass is 16.6. The van der Waals surface area contributed by atoms with Crippen LogP contribution in [0.3, 0.4) is 0 Å². The first-order chi connectivity index (χ1) is 15.1. The number of para-hydroxylation sites is 1. The van der Waals surface area contributed by atoms with Gasteiger partial charge in [-0.3, -0.25) is 20.4 Å². The van der Waals surface area contributed by atoms with Crippen molar-refractivity contribution in [3.63, 3.8) is 0 Å². The van der Waals surface area contributed by atoms with Gasteiger partial charge in [0, 0.05) is 23.7 Å². The van der Waals surface area contributed by atoms with E-state index in [-0.39, 0.29) is 11.8 Å². The Balaban J connectivity index is 1.27. The first-order valence-electron chi connectivity index (χ1n) is 10.2. The number of amides is 2. The molecule has 2 aliphatic heterocycles. The molecule has 2 aromatic carbocycles. The Bertz CT molecular complexity index is 1180. The molecule has 0 saturated carbocycles. The van der Waals surface area contributed by atoms with E-state index in [2.05, 4.69) is 15.8 Å². The zero-order valence-corrected chi connectivity index (χ0v) is 17.1. The van der Waals surface area contributed by atoms with Crippen molar-refractivity contribution in [2.75, 3.05) is 30.1 Å². The average molecular weight is 418 g/mol. The van der Waals surface area contributed by atoms with Crippen LogP contribution in [0.4, 0.5) is 11.5 Å². The van der Waals surface area contributed by atoms with Gasteiger partial charge >= 0.3 is 0 Å². The van der Waals surface area contributed by atoms with Crippen molar-refractivity contribution in [1.82, 2.24) is 10.4 Å². The van der Waals surface area contributed by atoms with E-state index in [0.29, 0.717) is 49.2 Å². The summed E-state index contributed by atoms with van der Waals surface area (Å²) in [6.45, 7) is 3.36. The van der Waals surface area contributed by atoms with Crippen molar-refractivity contribution in [1.29, 1.82) is 0 Å². The van der Waals surface area contributed by atoms with Gasteiger partial charge in [0.05, 0.1) is 5.52 Å². The van der Waals surface area contributed by atoms with Crippen LogP contribution in [-0.4, -0.2) is 36.6 Å². The maximum absolute atomic E-state index is 12.9. The molecule has 1 atom stereocenters. The van der Waals surface area contributed by atoms with Crippen molar-refractivity contribution in [2.24, 2.45) is 5.92 Å². The van der Waals surface area contributed by atoms with Gasteiger partial charge in [0.2, 0.25) is 5.91 Å². The molecule has 1 fully saturated rings. The number of aromatic nitrogens is 1. The molecule has 8 heteroatoms. The first kappa shape index (κ1) is 19.2. The second-order valence-corrected chi connectivity index (χ2v) is 7.62. The van der Waals surface area contributed by atoms with Crippen molar-refractivity contribution in [3.05, 3.63) is 54.1 Å². The van der Waals surface area contributed by atoms with E-state index < -0.39 is 5.92 Å². The summed E-state index contributed by atoms with van der Waals surface area (Å²) in [5.41, 5.74) is 7.96. The number of hydrogen-bond donors (Lipinski definition) is 2. The van der Waals surface area contributed by atoms with E-state index in [1.54, 1.807) is 17.0 Å². The number of aryl methyl sites for hydroxylation is 1. The number of fused-ring (bicyclic) bond motifs is 2.